The Labute approximate surface area is 115 Å². The summed E-state index contributed by atoms with van der Waals surface area (Å²) in [4.78, 5) is 8.32. The van der Waals surface area contributed by atoms with Crippen LogP contribution >= 0.6 is 0 Å². The van der Waals surface area contributed by atoms with E-state index in [0.717, 1.165) is 5.56 Å². The first-order valence-electron chi connectivity index (χ1n) is 6.25. The van der Waals surface area contributed by atoms with Gasteiger partial charge in [0.25, 0.3) is 5.89 Å². The fourth-order valence-electron chi connectivity index (χ4n) is 1.96. The van der Waals surface area contributed by atoms with E-state index in [1.165, 1.54) is 11.6 Å². The molecule has 2 heterocycles. The van der Waals surface area contributed by atoms with Crippen LogP contribution in [0.15, 0.2) is 47.1 Å². The molecule has 20 heavy (non-hydrogen) atoms. The van der Waals surface area contributed by atoms with Gasteiger partial charge in [0.2, 0.25) is 0 Å². The molecule has 3 rings (SSSR count). The molecular formula is C15H13N3O2. The van der Waals surface area contributed by atoms with Crippen molar-refractivity contribution in [3.63, 3.8) is 0 Å². The van der Waals surface area contributed by atoms with E-state index in [4.69, 9.17) is 4.52 Å². The molecule has 0 radical (unpaired) electrons. The smallest absolute Gasteiger partial charge is 0.280 e. The first kappa shape index (κ1) is 12.3. The maximum Gasteiger partial charge on any atom is 0.280 e. The van der Waals surface area contributed by atoms with Gasteiger partial charge in [-0.2, -0.15) is 4.98 Å². The van der Waals surface area contributed by atoms with Crippen LogP contribution in [-0.2, 0) is 6.42 Å². The van der Waals surface area contributed by atoms with Crippen molar-refractivity contribution in [3.8, 4) is 17.3 Å². The topological polar surface area (TPSA) is 72.0 Å². The van der Waals surface area contributed by atoms with Crippen LogP contribution in [0.2, 0.25) is 0 Å². The lowest BCUT2D eigenvalue weighted by atomic mass is 10.1. The zero-order chi connectivity index (χ0) is 13.9. The molecule has 0 amide bonds. The second-order valence-electron chi connectivity index (χ2n) is 4.49. The average Bonchev–Trinajstić information content (AvgIpc) is 2.90. The summed E-state index contributed by atoms with van der Waals surface area (Å²) in [5, 5.41) is 13.6. The molecule has 0 saturated heterocycles. The Hall–Kier alpha value is -2.69. The van der Waals surface area contributed by atoms with Gasteiger partial charge in [-0.1, -0.05) is 29.4 Å². The molecule has 0 aliphatic heterocycles. The van der Waals surface area contributed by atoms with Crippen LogP contribution < -0.4 is 0 Å². The number of aryl methyl sites for hydroxylation is 1. The van der Waals surface area contributed by atoms with Gasteiger partial charge >= 0.3 is 0 Å². The summed E-state index contributed by atoms with van der Waals surface area (Å²) in [7, 11) is 0. The Bertz CT molecular complexity index is 737. The number of pyridine rings is 1. The largest absolute Gasteiger partial charge is 0.505 e. The molecule has 0 bridgehead atoms. The first-order chi connectivity index (χ1) is 9.74. The molecule has 0 aliphatic rings. The highest BCUT2D eigenvalue weighted by Crippen LogP contribution is 2.24. The van der Waals surface area contributed by atoms with Crippen LogP contribution in [0, 0.1) is 6.92 Å². The van der Waals surface area contributed by atoms with Crippen molar-refractivity contribution in [2.24, 2.45) is 0 Å². The maximum atomic E-state index is 9.72. The van der Waals surface area contributed by atoms with Crippen molar-refractivity contribution in [2.45, 2.75) is 13.3 Å². The van der Waals surface area contributed by atoms with Crippen LogP contribution in [0.5, 0.6) is 5.75 Å². The summed E-state index contributed by atoms with van der Waals surface area (Å²) < 4.78 is 5.16. The Balaban J connectivity index is 1.88. The van der Waals surface area contributed by atoms with E-state index in [-0.39, 0.29) is 11.6 Å². The quantitative estimate of drug-likeness (QED) is 0.790. The number of nitrogens with zero attached hydrogens (tertiary/aromatic N) is 3. The second-order valence-corrected chi connectivity index (χ2v) is 4.49. The molecule has 1 N–H and O–H groups in total. The predicted octanol–water partition coefficient (Wildman–Crippen LogP) is 2.74. The van der Waals surface area contributed by atoms with Gasteiger partial charge in [0.1, 0.15) is 5.75 Å². The van der Waals surface area contributed by atoms with Crippen LogP contribution in [0.4, 0.5) is 0 Å². The standard InChI is InChI=1S/C15H13N3O2/c1-10-5-2-3-6-11(10)9-13-17-15(20-18-13)14-12(19)7-4-8-16-14/h2-8,19H,9H2,1H3. The van der Waals surface area contributed by atoms with E-state index in [9.17, 15) is 5.11 Å². The van der Waals surface area contributed by atoms with Crippen LogP contribution in [0.25, 0.3) is 11.6 Å². The fourth-order valence-corrected chi connectivity index (χ4v) is 1.96. The van der Waals surface area contributed by atoms with E-state index in [2.05, 4.69) is 15.1 Å². The van der Waals surface area contributed by atoms with Crippen LogP contribution in [0.1, 0.15) is 17.0 Å². The van der Waals surface area contributed by atoms with Gasteiger partial charge < -0.3 is 9.63 Å². The van der Waals surface area contributed by atoms with Gasteiger partial charge in [-0.15, -0.1) is 0 Å². The van der Waals surface area contributed by atoms with Crippen molar-refractivity contribution in [3.05, 3.63) is 59.5 Å². The molecule has 0 unspecified atom stereocenters. The number of hydrogen-bond donors (Lipinski definition) is 1. The minimum atomic E-state index is 0.0265. The molecule has 0 saturated carbocycles. The van der Waals surface area contributed by atoms with E-state index >= 15 is 0 Å². The predicted molar refractivity (Wildman–Crippen MR) is 73.2 cm³/mol. The molecule has 0 spiro atoms. The highest BCUT2D eigenvalue weighted by Gasteiger charge is 2.14. The van der Waals surface area contributed by atoms with E-state index in [0.29, 0.717) is 17.9 Å². The third kappa shape index (κ3) is 2.38. The summed E-state index contributed by atoms with van der Waals surface area (Å²) in [5.74, 6) is 0.824. The van der Waals surface area contributed by atoms with Crippen molar-refractivity contribution < 1.29 is 9.63 Å². The zero-order valence-electron chi connectivity index (χ0n) is 10.9. The molecule has 5 nitrogen and oxygen atoms in total. The average molecular weight is 267 g/mol. The number of aromatic nitrogens is 3. The van der Waals surface area contributed by atoms with Crippen molar-refractivity contribution in [1.29, 1.82) is 0 Å². The van der Waals surface area contributed by atoms with Gasteiger partial charge in [-0.25, -0.2) is 4.98 Å². The molecule has 3 aromatic rings. The van der Waals surface area contributed by atoms with Gasteiger partial charge in [-0.3, -0.25) is 0 Å². The summed E-state index contributed by atoms with van der Waals surface area (Å²) >= 11 is 0. The summed E-state index contributed by atoms with van der Waals surface area (Å²) in [6.45, 7) is 2.04. The minimum Gasteiger partial charge on any atom is -0.505 e. The fraction of sp³-hybridized carbons (Fsp3) is 0.133. The molecule has 0 fully saturated rings. The van der Waals surface area contributed by atoms with Gasteiger partial charge in [0.05, 0.1) is 0 Å². The maximum absolute atomic E-state index is 9.72. The first-order valence-corrected chi connectivity index (χ1v) is 6.25. The second kappa shape index (κ2) is 5.13. The van der Waals surface area contributed by atoms with Gasteiger partial charge in [-0.05, 0) is 30.2 Å². The minimum absolute atomic E-state index is 0.0265. The van der Waals surface area contributed by atoms with E-state index in [1.807, 2.05) is 31.2 Å². The van der Waals surface area contributed by atoms with Crippen LogP contribution in [-0.4, -0.2) is 20.2 Å². The molecule has 0 atom stereocenters. The lowest BCUT2D eigenvalue weighted by Crippen LogP contribution is -1.93. The van der Waals surface area contributed by atoms with E-state index < -0.39 is 0 Å². The molecular weight excluding hydrogens is 254 g/mol. The summed E-state index contributed by atoms with van der Waals surface area (Å²) in [6, 6.07) is 11.2. The lowest BCUT2D eigenvalue weighted by Gasteiger charge is -2.00. The van der Waals surface area contributed by atoms with Crippen molar-refractivity contribution >= 4 is 0 Å². The Morgan fingerprint density at radius 2 is 2.00 bits per heavy atom. The van der Waals surface area contributed by atoms with Crippen LogP contribution in [0.3, 0.4) is 0 Å². The third-order valence-corrected chi connectivity index (χ3v) is 3.07. The number of benzene rings is 1. The Morgan fingerprint density at radius 3 is 2.80 bits per heavy atom. The Morgan fingerprint density at radius 1 is 1.15 bits per heavy atom. The monoisotopic (exact) mass is 267 g/mol. The molecule has 5 heteroatoms. The van der Waals surface area contributed by atoms with Gasteiger partial charge in [0, 0.05) is 12.6 Å². The molecule has 2 aromatic heterocycles. The molecule has 1 aromatic carbocycles. The number of rotatable bonds is 3. The highest BCUT2D eigenvalue weighted by atomic mass is 16.5. The van der Waals surface area contributed by atoms with Gasteiger partial charge in [0.15, 0.2) is 11.5 Å². The third-order valence-electron chi connectivity index (χ3n) is 3.07. The lowest BCUT2D eigenvalue weighted by molar-refractivity contribution is 0.416. The van der Waals surface area contributed by atoms with Crippen molar-refractivity contribution in [1.82, 2.24) is 15.1 Å². The molecule has 100 valence electrons. The zero-order valence-corrected chi connectivity index (χ0v) is 10.9. The summed E-state index contributed by atoms with van der Waals surface area (Å²) in [6.07, 6.45) is 2.16. The summed E-state index contributed by atoms with van der Waals surface area (Å²) in [5.41, 5.74) is 2.63. The number of hydrogen-bond acceptors (Lipinski definition) is 5. The molecule has 0 aliphatic carbocycles. The normalized spacial score (nSPS) is 10.7. The SMILES string of the molecule is Cc1ccccc1Cc1noc(-c2ncccc2O)n1. The van der Waals surface area contributed by atoms with E-state index in [1.54, 1.807) is 12.3 Å². The van der Waals surface area contributed by atoms with Crippen molar-refractivity contribution in [2.75, 3.05) is 0 Å². The number of aromatic hydroxyl groups is 1. The Kier molecular flexibility index (Phi) is 3.16. The highest BCUT2D eigenvalue weighted by molar-refractivity contribution is 5.55.